The van der Waals surface area contributed by atoms with Crippen LogP contribution in [0.25, 0.3) is 11.1 Å². The third kappa shape index (κ3) is 2.67. The molecular formula is C16H12N4. The van der Waals surface area contributed by atoms with Gasteiger partial charge in [0, 0.05) is 10.4 Å². The maximum absolute atomic E-state index is 9.01. The smallest absolute Gasteiger partial charge is 0.137 e. The molecule has 0 amide bonds. The van der Waals surface area contributed by atoms with Crippen LogP contribution >= 0.6 is 0 Å². The Balaban J connectivity index is 4.06. The molecule has 0 unspecified atom stereocenters. The topological polar surface area (TPSA) is 95.2 Å². The van der Waals surface area contributed by atoms with Gasteiger partial charge in [0.25, 0.3) is 0 Å². The number of benzene rings is 1. The van der Waals surface area contributed by atoms with Gasteiger partial charge in [0.2, 0.25) is 0 Å². The van der Waals surface area contributed by atoms with Crippen molar-refractivity contribution in [2.24, 2.45) is 0 Å². The number of nitriles is 4. The van der Waals surface area contributed by atoms with E-state index < -0.39 is 0 Å². The lowest BCUT2D eigenvalue weighted by molar-refractivity contribution is 1.06. The van der Waals surface area contributed by atoms with Crippen LogP contribution in [-0.4, -0.2) is 0 Å². The van der Waals surface area contributed by atoms with Crippen molar-refractivity contribution in [3.8, 4) is 24.3 Å². The second kappa shape index (κ2) is 6.75. The molecule has 0 fully saturated rings. The maximum atomic E-state index is 9.01. The van der Waals surface area contributed by atoms with Crippen molar-refractivity contribution in [1.29, 1.82) is 21.0 Å². The number of aryl methyl sites for hydroxylation is 2. The first-order valence-corrected chi connectivity index (χ1v) is 6.17. The Labute approximate surface area is 117 Å². The van der Waals surface area contributed by atoms with Crippen molar-refractivity contribution >= 4 is 11.1 Å². The van der Waals surface area contributed by atoms with Crippen molar-refractivity contribution in [2.45, 2.75) is 26.7 Å². The Hall–Kier alpha value is -3.08. The van der Waals surface area contributed by atoms with Crippen LogP contribution < -0.4 is 10.4 Å². The molecule has 0 saturated heterocycles. The fraction of sp³-hybridized carbons (Fsp3) is 0.250. The Bertz CT molecular complexity index is 714. The van der Waals surface area contributed by atoms with Crippen LogP contribution in [-0.2, 0) is 12.8 Å². The van der Waals surface area contributed by atoms with E-state index in [-0.39, 0.29) is 11.1 Å². The molecule has 0 aliphatic carbocycles. The highest BCUT2D eigenvalue weighted by Crippen LogP contribution is 2.01. The van der Waals surface area contributed by atoms with E-state index in [2.05, 4.69) is 0 Å². The van der Waals surface area contributed by atoms with Gasteiger partial charge in [0.15, 0.2) is 0 Å². The predicted molar refractivity (Wildman–Crippen MR) is 73.7 cm³/mol. The van der Waals surface area contributed by atoms with E-state index in [9.17, 15) is 0 Å². The SMILES string of the molecule is CCc1cc(=C(C#N)C#N)c(CC)cc1=C(C#N)C#N. The highest BCUT2D eigenvalue weighted by molar-refractivity contribution is 5.75. The Kier molecular flexibility index (Phi) is 5.05. The summed E-state index contributed by atoms with van der Waals surface area (Å²) < 4.78 is 0. The number of nitrogens with zero attached hydrogens (tertiary/aromatic N) is 4. The van der Waals surface area contributed by atoms with E-state index in [1.54, 1.807) is 12.1 Å². The second-order valence-corrected chi connectivity index (χ2v) is 4.07. The predicted octanol–water partition coefficient (Wildman–Crippen LogP) is 1.21. The second-order valence-electron chi connectivity index (χ2n) is 4.07. The van der Waals surface area contributed by atoms with Crippen LogP contribution in [0.3, 0.4) is 0 Å². The van der Waals surface area contributed by atoms with Gasteiger partial charge >= 0.3 is 0 Å². The van der Waals surface area contributed by atoms with Gasteiger partial charge in [-0.1, -0.05) is 13.8 Å². The summed E-state index contributed by atoms with van der Waals surface area (Å²) in [5.41, 5.74) is 1.69. The summed E-state index contributed by atoms with van der Waals surface area (Å²) in [6, 6.07) is 11.0. The van der Waals surface area contributed by atoms with Crippen molar-refractivity contribution in [2.75, 3.05) is 0 Å². The first kappa shape index (κ1) is 15.0. The molecule has 0 aliphatic rings. The Morgan fingerprint density at radius 3 is 1.25 bits per heavy atom. The van der Waals surface area contributed by atoms with Crippen molar-refractivity contribution in [3.63, 3.8) is 0 Å². The molecule has 1 aromatic rings. The zero-order valence-electron chi connectivity index (χ0n) is 11.4. The molecule has 0 bridgehead atoms. The molecule has 4 heteroatoms. The third-order valence-electron chi connectivity index (χ3n) is 3.08. The molecule has 0 heterocycles. The average molecular weight is 260 g/mol. The first-order chi connectivity index (χ1) is 9.66. The number of hydrogen-bond donors (Lipinski definition) is 0. The lowest BCUT2D eigenvalue weighted by Crippen LogP contribution is -2.22. The standard InChI is InChI=1S/C16H12N4/c1-3-11-5-16(14(9-19)10-20)12(4-2)6-15(11)13(7-17)8-18/h5-6H,3-4H2,1-2H3. The minimum Gasteiger partial charge on any atom is -0.192 e. The molecule has 4 nitrogen and oxygen atoms in total. The van der Waals surface area contributed by atoms with E-state index in [4.69, 9.17) is 21.0 Å². The summed E-state index contributed by atoms with van der Waals surface area (Å²) in [4.78, 5) is 0. The summed E-state index contributed by atoms with van der Waals surface area (Å²) in [5.74, 6) is 0. The molecule has 0 atom stereocenters. The van der Waals surface area contributed by atoms with Crippen molar-refractivity contribution in [3.05, 3.63) is 33.7 Å². The van der Waals surface area contributed by atoms with Gasteiger partial charge in [0.05, 0.1) is 0 Å². The van der Waals surface area contributed by atoms with Crippen LogP contribution in [0.15, 0.2) is 12.1 Å². The summed E-state index contributed by atoms with van der Waals surface area (Å²) in [5, 5.41) is 37.2. The van der Waals surface area contributed by atoms with E-state index in [1.165, 1.54) is 0 Å². The molecule has 0 N–H and O–H groups in total. The van der Waals surface area contributed by atoms with Crippen LogP contribution in [0, 0.1) is 45.3 Å². The molecule has 0 aromatic heterocycles. The van der Waals surface area contributed by atoms with Gasteiger partial charge in [-0.2, -0.15) is 21.0 Å². The highest BCUT2D eigenvalue weighted by Gasteiger charge is 2.07. The molecule has 96 valence electrons. The summed E-state index contributed by atoms with van der Waals surface area (Å²) >= 11 is 0. The molecule has 1 aromatic carbocycles. The van der Waals surface area contributed by atoms with E-state index in [0.717, 1.165) is 11.1 Å². The lowest BCUT2D eigenvalue weighted by atomic mass is 9.97. The molecule has 0 aliphatic heterocycles. The van der Waals surface area contributed by atoms with Gasteiger partial charge in [-0.25, -0.2) is 0 Å². The zero-order chi connectivity index (χ0) is 15.1. The fourth-order valence-electron chi connectivity index (χ4n) is 2.03. The molecule has 20 heavy (non-hydrogen) atoms. The Morgan fingerprint density at radius 2 is 1.05 bits per heavy atom. The maximum Gasteiger partial charge on any atom is 0.137 e. The minimum atomic E-state index is 0.0542. The summed E-state index contributed by atoms with van der Waals surface area (Å²) in [6.07, 6.45) is 1.23. The average Bonchev–Trinajstić information content (AvgIpc) is 2.50. The van der Waals surface area contributed by atoms with Crippen molar-refractivity contribution in [1.82, 2.24) is 0 Å². The van der Waals surface area contributed by atoms with E-state index >= 15 is 0 Å². The molecule has 1 rings (SSSR count). The van der Waals surface area contributed by atoms with Crippen LogP contribution in [0.2, 0.25) is 0 Å². The lowest BCUT2D eigenvalue weighted by Gasteiger charge is -2.05. The number of hydrogen-bond acceptors (Lipinski definition) is 4. The van der Waals surface area contributed by atoms with Crippen molar-refractivity contribution < 1.29 is 0 Å². The first-order valence-electron chi connectivity index (χ1n) is 6.17. The molecule has 0 spiro atoms. The summed E-state index contributed by atoms with van der Waals surface area (Å²) in [6.45, 7) is 3.80. The van der Waals surface area contributed by atoms with Crippen LogP contribution in [0.4, 0.5) is 0 Å². The largest absolute Gasteiger partial charge is 0.192 e. The van der Waals surface area contributed by atoms with Crippen LogP contribution in [0.1, 0.15) is 25.0 Å². The molecular weight excluding hydrogens is 248 g/mol. The highest BCUT2D eigenvalue weighted by atomic mass is 14.3. The Morgan fingerprint density at radius 1 is 0.750 bits per heavy atom. The summed E-state index contributed by atoms with van der Waals surface area (Å²) in [7, 11) is 0. The van der Waals surface area contributed by atoms with Gasteiger partial charge in [-0.15, -0.1) is 0 Å². The van der Waals surface area contributed by atoms with Gasteiger partial charge in [-0.05, 0) is 36.1 Å². The van der Waals surface area contributed by atoms with Crippen LogP contribution in [0.5, 0.6) is 0 Å². The number of rotatable bonds is 2. The van der Waals surface area contributed by atoms with Gasteiger partial charge < -0.3 is 0 Å². The molecule has 0 saturated carbocycles. The minimum absolute atomic E-state index is 0.0542. The molecule has 0 radical (unpaired) electrons. The van der Waals surface area contributed by atoms with E-state index in [0.29, 0.717) is 23.3 Å². The van der Waals surface area contributed by atoms with E-state index in [1.807, 2.05) is 38.1 Å². The fourth-order valence-corrected chi connectivity index (χ4v) is 2.03. The third-order valence-corrected chi connectivity index (χ3v) is 3.08. The van der Waals surface area contributed by atoms with Gasteiger partial charge in [-0.3, -0.25) is 0 Å². The van der Waals surface area contributed by atoms with Gasteiger partial charge in [0.1, 0.15) is 35.4 Å². The normalized spacial score (nSPS) is 8.70. The monoisotopic (exact) mass is 260 g/mol. The quantitative estimate of drug-likeness (QED) is 0.798. The zero-order valence-corrected chi connectivity index (χ0v) is 11.4.